The standard InChI is InChI=1S/C14H23N3O2/c1-14(2,9-17(3)4)10-19-13-7-5-12(6-8-13)15-11-16-18/h5-8,11,18H,9-10H2,1-4H3,(H,15,16). The van der Waals surface area contributed by atoms with Gasteiger partial charge in [-0.25, -0.2) is 4.99 Å². The molecule has 0 aromatic heterocycles. The normalized spacial score (nSPS) is 12.1. The molecule has 0 spiro atoms. The number of benzene rings is 1. The van der Waals surface area contributed by atoms with Gasteiger partial charge in [0.2, 0.25) is 0 Å². The van der Waals surface area contributed by atoms with Gasteiger partial charge >= 0.3 is 0 Å². The number of hydrogen-bond donors (Lipinski definition) is 2. The fraction of sp³-hybridized carbons (Fsp3) is 0.500. The van der Waals surface area contributed by atoms with Crippen molar-refractivity contribution in [2.45, 2.75) is 13.8 Å². The zero-order valence-corrected chi connectivity index (χ0v) is 12.1. The zero-order valence-electron chi connectivity index (χ0n) is 12.1. The van der Waals surface area contributed by atoms with Crippen molar-refractivity contribution in [2.75, 3.05) is 27.2 Å². The topological polar surface area (TPSA) is 57.1 Å². The lowest BCUT2D eigenvalue weighted by molar-refractivity contribution is 0.141. The Morgan fingerprint density at radius 3 is 2.47 bits per heavy atom. The number of hydrogen-bond acceptors (Lipinski definition) is 4. The molecule has 0 radical (unpaired) electrons. The molecule has 0 aliphatic carbocycles. The van der Waals surface area contributed by atoms with Crippen molar-refractivity contribution < 1.29 is 9.94 Å². The second kappa shape index (κ2) is 7.11. The molecule has 2 N–H and O–H groups in total. The highest BCUT2D eigenvalue weighted by Crippen LogP contribution is 2.21. The van der Waals surface area contributed by atoms with E-state index in [4.69, 9.17) is 9.94 Å². The van der Waals surface area contributed by atoms with Gasteiger partial charge in [-0.05, 0) is 38.4 Å². The zero-order chi connectivity index (χ0) is 14.3. The monoisotopic (exact) mass is 265 g/mol. The van der Waals surface area contributed by atoms with Gasteiger partial charge in [-0.15, -0.1) is 0 Å². The van der Waals surface area contributed by atoms with Crippen LogP contribution in [0.25, 0.3) is 0 Å². The van der Waals surface area contributed by atoms with Crippen molar-refractivity contribution in [1.29, 1.82) is 0 Å². The average Bonchev–Trinajstić information content (AvgIpc) is 2.34. The molecule has 0 bridgehead atoms. The van der Waals surface area contributed by atoms with Crippen LogP contribution in [0.1, 0.15) is 13.8 Å². The Labute approximate surface area is 114 Å². The molecular formula is C14H23N3O2. The summed E-state index contributed by atoms with van der Waals surface area (Å²) in [6.45, 7) is 5.99. The predicted octanol–water partition coefficient (Wildman–Crippen LogP) is 2.29. The SMILES string of the molecule is CN(C)CC(C)(C)COc1ccc(N=CNO)cc1. The molecule has 0 aliphatic heterocycles. The van der Waals surface area contributed by atoms with Gasteiger partial charge in [-0.2, -0.15) is 0 Å². The van der Waals surface area contributed by atoms with E-state index in [1.165, 1.54) is 6.34 Å². The molecule has 1 rings (SSSR count). The summed E-state index contributed by atoms with van der Waals surface area (Å²) in [6.07, 6.45) is 1.22. The van der Waals surface area contributed by atoms with E-state index in [1.54, 1.807) is 0 Å². The van der Waals surface area contributed by atoms with Gasteiger partial charge in [0.15, 0.2) is 0 Å². The molecule has 5 heteroatoms. The van der Waals surface area contributed by atoms with Crippen molar-refractivity contribution in [2.24, 2.45) is 10.4 Å². The summed E-state index contributed by atoms with van der Waals surface area (Å²) in [4.78, 5) is 6.12. The van der Waals surface area contributed by atoms with Crippen LogP contribution in [-0.4, -0.2) is 43.7 Å². The summed E-state index contributed by atoms with van der Waals surface area (Å²) in [5, 5.41) is 8.40. The third-order valence-electron chi connectivity index (χ3n) is 2.48. The predicted molar refractivity (Wildman–Crippen MR) is 77.3 cm³/mol. The summed E-state index contributed by atoms with van der Waals surface area (Å²) in [6, 6.07) is 7.41. The van der Waals surface area contributed by atoms with Gasteiger partial charge in [0.1, 0.15) is 12.1 Å². The summed E-state index contributed by atoms with van der Waals surface area (Å²) >= 11 is 0. The van der Waals surface area contributed by atoms with Gasteiger partial charge in [0, 0.05) is 12.0 Å². The number of hydroxylamine groups is 1. The van der Waals surface area contributed by atoms with E-state index >= 15 is 0 Å². The number of rotatable bonds is 7. The smallest absolute Gasteiger partial charge is 0.119 e. The summed E-state index contributed by atoms with van der Waals surface area (Å²) in [7, 11) is 4.12. The Morgan fingerprint density at radius 1 is 1.32 bits per heavy atom. The molecule has 0 saturated heterocycles. The Kier molecular flexibility index (Phi) is 5.79. The van der Waals surface area contributed by atoms with Crippen LogP contribution in [0.5, 0.6) is 5.75 Å². The molecule has 1 aromatic rings. The maximum atomic E-state index is 8.40. The lowest BCUT2D eigenvalue weighted by Gasteiger charge is -2.28. The van der Waals surface area contributed by atoms with Crippen molar-refractivity contribution >= 4 is 12.0 Å². The Bertz CT molecular complexity index is 400. The second-order valence-corrected chi connectivity index (χ2v) is 5.57. The lowest BCUT2D eigenvalue weighted by atomic mass is 9.94. The first kappa shape index (κ1) is 15.5. The molecule has 5 nitrogen and oxygen atoms in total. The summed E-state index contributed by atoms with van der Waals surface area (Å²) in [5.41, 5.74) is 2.72. The Balaban J connectivity index is 2.52. The van der Waals surface area contributed by atoms with E-state index in [9.17, 15) is 0 Å². The minimum absolute atomic E-state index is 0.0983. The molecular weight excluding hydrogens is 242 g/mol. The fourth-order valence-electron chi connectivity index (χ4n) is 1.91. The van der Waals surface area contributed by atoms with Gasteiger partial charge in [0.25, 0.3) is 0 Å². The van der Waals surface area contributed by atoms with Gasteiger partial charge in [0.05, 0.1) is 12.3 Å². The van der Waals surface area contributed by atoms with Crippen LogP contribution in [-0.2, 0) is 0 Å². The molecule has 0 heterocycles. The molecule has 106 valence electrons. The largest absolute Gasteiger partial charge is 0.493 e. The van der Waals surface area contributed by atoms with Crippen LogP contribution >= 0.6 is 0 Å². The third-order valence-corrected chi connectivity index (χ3v) is 2.48. The average molecular weight is 265 g/mol. The minimum atomic E-state index is 0.0983. The molecule has 0 unspecified atom stereocenters. The van der Waals surface area contributed by atoms with Crippen LogP contribution in [0, 0.1) is 5.41 Å². The maximum Gasteiger partial charge on any atom is 0.119 e. The van der Waals surface area contributed by atoms with Crippen molar-refractivity contribution in [3.63, 3.8) is 0 Å². The second-order valence-electron chi connectivity index (χ2n) is 5.57. The number of aliphatic imine (C=N–C) groups is 1. The fourth-order valence-corrected chi connectivity index (χ4v) is 1.91. The molecule has 0 aliphatic rings. The Hall–Kier alpha value is -1.59. The van der Waals surface area contributed by atoms with E-state index in [0.29, 0.717) is 6.61 Å². The van der Waals surface area contributed by atoms with Gasteiger partial charge in [-0.3, -0.25) is 10.7 Å². The van der Waals surface area contributed by atoms with Crippen LogP contribution < -0.4 is 10.2 Å². The lowest BCUT2D eigenvalue weighted by Crippen LogP contribution is -2.33. The quantitative estimate of drug-likeness (QED) is 0.451. The highest BCUT2D eigenvalue weighted by atomic mass is 16.5. The Morgan fingerprint density at radius 2 is 1.95 bits per heavy atom. The van der Waals surface area contributed by atoms with Crippen LogP contribution in [0.2, 0.25) is 0 Å². The van der Waals surface area contributed by atoms with Crippen molar-refractivity contribution in [3.8, 4) is 5.75 Å². The number of nitrogens with one attached hydrogen (secondary N) is 1. The third kappa shape index (κ3) is 6.22. The van der Waals surface area contributed by atoms with Gasteiger partial charge in [-0.1, -0.05) is 13.8 Å². The molecule has 0 saturated carbocycles. The van der Waals surface area contributed by atoms with Gasteiger partial charge < -0.3 is 9.64 Å². The summed E-state index contributed by atoms with van der Waals surface area (Å²) in [5.74, 6) is 0.822. The number of nitrogens with zero attached hydrogens (tertiary/aromatic N) is 2. The van der Waals surface area contributed by atoms with E-state index < -0.39 is 0 Å². The van der Waals surface area contributed by atoms with Crippen LogP contribution in [0.3, 0.4) is 0 Å². The molecule has 1 aromatic carbocycles. The molecule has 0 fully saturated rings. The summed E-state index contributed by atoms with van der Waals surface area (Å²) < 4.78 is 5.79. The highest BCUT2D eigenvalue weighted by Gasteiger charge is 2.19. The number of ether oxygens (including phenoxy) is 1. The van der Waals surface area contributed by atoms with E-state index in [1.807, 2.05) is 29.7 Å². The maximum absolute atomic E-state index is 8.40. The first-order valence-electron chi connectivity index (χ1n) is 6.23. The molecule has 0 atom stereocenters. The van der Waals surface area contributed by atoms with Crippen LogP contribution in [0.4, 0.5) is 5.69 Å². The highest BCUT2D eigenvalue weighted by molar-refractivity contribution is 5.59. The van der Waals surface area contributed by atoms with E-state index in [2.05, 4.69) is 37.8 Å². The van der Waals surface area contributed by atoms with E-state index in [-0.39, 0.29) is 5.41 Å². The molecule has 19 heavy (non-hydrogen) atoms. The first-order chi connectivity index (χ1) is 8.93. The van der Waals surface area contributed by atoms with Crippen LogP contribution in [0.15, 0.2) is 29.3 Å². The minimum Gasteiger partial charge on any atom is -0.493 e. The first-order valence-corrected chi connectivity index (χ1v) is 6.23. The van der Waals surface area contributed by atoms with Crippen molar-refractivity contribution in [1.82, 2.24) is 10.4 Å². The van der Waals surface area contributed by atoms with Crippen molar-refractivity contribution in [3.05, 3.63) is 24.3 Å². The molecule has 0 amide bonds. The van der Waals surface area contributed by atoms with E-state index in [0.717, 1.165) is 18.0 Å².